The van der Waals surface area contributed by atoms with Gasteiger partial charge in [-0.1, -0.05) is 29.8 Å². The molecule has 0 bridgehead atoms. The number of rotatable bonds is 3. The van der Waals surface area contributed by atoms with Crippen molar-refractivity contribution in [3.8, 4) is 0 Å². The van der Waals surface area contributed by atoms with Crippen LogP contribution < -0.4 is 0 Å². The molecule has 0 radical (unpaired) electrons. The van der Waals surface area contributed by atoms with Gasteiger partial charge in [-0.05, 0) is 18.1 Å². The van der Waals surface area contributed by atoms with E-state index in [1.165, 1.54) is 0 Å². The van der Waals surface area contributed by atoms with E-state index in [4.69, 9.17) is 16.7 Å². The van der Waals surface area contributed by atoms with Gasteiger partial charge in [0, 0.05) is 5.02 Å². The minimum atomic E-state index is -0.928. The summed E-state index contributed by atoms with van der Waals surface area (Å²) >= 11 is 9.77. The third-order valence-corrected chi connectivity index (χ3v) is 2.43. The van der Waals surface area contributed by atoms with Crippen molar-refractivity contribution >= 4 is 30.2 Å². The topological polar surface area (TPSA) is 37.3 Å². The molecule has 0 saturated heterocycles. The third kappa shape index (κ3) is 2.94. The van der Waals surface area contributed by atoms with Crippen LogP contribution in [0.3, 0.4) is 0 Å². The van der Waals surface area contributed by atoms with Gasteiger partial charge in [-0.25, -0.2) is 0 Å². The van der Waals surface area contributed by atoms with Crippen molar-refractivity contribution in [2.75, 3.05) is 0 Å². The first-order valence-electron chi connectivity index (χ1n) is 3.75. The number of halogens is 1. The van der Waals surface area contributed by atoms with Gasteiger partial charge in [0.25, 0.3) is 0 Å². The molecule has 0 aliphatic carbocycles. The highest BCUT2D eigenvalue weighted by atomic mass is 35.5. The van der Waals surface area contributed by atoms with E-state index in [1.54, 1.807) is 18.2 Å². The first-order chi connectivity index (χ1) is 6.11. The number of carbonyl (C=O) groups is 1. The zero-order chi connectivity index (χ0) is 9.84. The lowest BCUT2D eigenvalue weighted by Crippen LogP contribution is -2.16. The van der Waals surface area contributed by atoms with Crippen molar-refractivity contribution in [3.05, 3.63) is 34.9 Å². The number of carboxylic acid groups (broad SMARTS) is 1. The smallest absolute Gasteiger partial charge is 0.316 e. The number of hydrogen-bond acceptors (Lipinski definition) is 2. The van der Waals surface area contributed by atoms with E-state index in [-0.39, 0.29) is 0 Å². The molecule has 1 rings (SSSR count). The predicted octanol–water partition coefficient (Wildman–Crippen LogP) is 2.27. The molecule has 1 atom stereocenters. The Kier molecular flexibility index (Phi) is 3.63. The monoisotopic (exact) mass is 216 g/mol. The molecule has 1 N–H and O–H groups in total. The summed E-state index contributed by atoms with van der Waals surface area (Å²) in [5, 5.41) is 8.51. The normalized spacial score (nSPS) is 12.5. The number of benzene rings is 1. The predicted molar refractivity (Wildman–Crippen MR) is 55.6 cm³/mol. The zero-order valence-electron chi connectivity index (χ0n) is 6.77. The molecule has 0 amide bonds. The number of hydrogen-bond donors (Lipinski definition) is 2. The lowest BCUT2D eigenvalue weighted by atomic mass is 10.1. The summed E-state index contributed by atoms with van der Waals surface area (Å²) in [5.41, 5.74) is 0.812. The molecule has 1 aromatic carbocycles. The van der Waals surface area contributed by atoms with Crippen LogP contribution in [0.25, 0.3) is 0 Å². The largest absolute Gasteiger partial charge is 0.480 e. The van der Waals surface area contributed by atoms with E-state index in [9.17, 15) is 4.79 Å². The Morgan fingerprint density at radius 1 is 1.54 bits per heavy atom. The highest BCUT2D eigenvalue weighted by Crippen LogP contribution is 2.18. The lowest BCUT2D eigenvalue weighted by Gasteiger charge is -2.06. The molecule has 2 nitrogen and oxygen atoms in total. The van der Waals surface area contributed by atoms with Crippen LogP contribution in [0.1, 0.15) is 5.56 Å². The summed E-state index contributed by atoms with van der Waals surface area (Å²) in [5.74, 6) is -0.928. The molecule has 0 aromatic heterocycles. The molecular weight excluding hydrogens is 208 g/mol. The molecular formula is C9H9ClO2S. The minimum Gasteiger partial charge on any atom is -0.480 e. The maximum absolute atomic E-state index is 10.5. The highest BCUT2D eigenvalue weighted by Gasteiger charge is 2.13. The second-order valence-corrected chi connectivity index (χ2v) is 3.68. The Morgan fingerprint density at radius 3 is 2.69 bits per heavy atom. The van der Waals surface area contributed by atoms with Crippen LogP contribution >= 0.6 is 24.2 Å². The highest BCUT2D eigenvalue weighted by molar-refractivity contribution is 7.81. The quantitative estimate of drug-likeness (QED) is 0.761. The first kappa shape index (κ1) is 10.4. The van der Waals surface area contributed by atoms with E-state index < -0.39 is 11.2 Å². The van der Waals surface area contributed by atoms with E-state index in [1.807, 2.05) is 6.07 Å². The number of thiol groups is 1. The fourth-order valence-electron chi connectivity index (χ4n) is 0.960. The van der Waals surface area contributed by atoms with Gasteiger partial charge in [-0.3, -0.25) is 4.79 Å². The van der Waals surface area contributed by atoms with Gasteiger partial charge in [0.15, 0.2) is 0 Å². The van der Waals surface area contributed by atoms with Gasteiger partial charge < -0.3 is 5.11 Å². The van der Waals surface area contributed by atoms with Crippen LogP contribution in [-0.2, 0) is 11.2 Å². The Morgan fingerprint density at radius 2 is 2.15 bits per heavy atom. The van der Waals surface area contributed by atoms with Crippen molar-refractivity contribution in [1.82, 2.24) is 0 Å². The summed E-state index contributed by atoms with van der Waals surface area (Å²) in [4.78, 5) is 10.5. The molecule has 70 valence electrons. The van der Waals surface area contributed by atoms with Crippen LogP contribution in [-0.4, -0.2) is 16.3 Å². The van der Waals surface area contributed by atoms with Gasteiger partial charge in [-0.2, -0.15) is 12.6 Å². The molecule has 0 spiro atoms. The molecule has 1 unspecified atom stereocenters. The molecule has 0 saturated carbocycles. The Hall–Kier alpha value is -0.670. The molecule has 0 aliphatic heterocycles. The number of carboxylic acids is 1. The standard InChI is InChI=1S/C9H9ClO2S/c10-7-4-2-1-3-6(7)5-8(13)9(11)12/h1-4,8,13H,5H2,(H,11,12). The van der Waals surface area contributed by atoms with Crippen LogP contribution in [0.15, 0.2) is 24.3 Å². The minimum absolute atomic E-state index is 0.345. The summed E-state index contributed by atoms with van der Waals surface area (Å²) in [6.07, 6.45) is 0.345. The zero-order valence-corrected chi connectivity index (χ0v) is 8.42. The average molecular weight is 217 g/mol. The molecule has 0 aliphatic rings. The maximum Gasteiger partial charge on any atom is 0.316 e. The SMILES string of the molecule is O=C(O)C(S)Cc1ccccc1Cl. The Bertz CT molecular complexity index is 314. The second-order valence-electron chi connectivity index (χ2n) is 2.65. The fraction of sp³-hybridized carbons (Fsp3) is 0.222. The molecule has 13 heavy (non-hydrogen) atoms. The van der Waals surface area contributed by atoms with Crippen molar-refractivity contribution < 1.29 is 9.90 Å². The van der Waals surface area contributed by atoms with Crippen molar-refractivity contribution in [2.45, 2.75) is 11.7 Å². The van der Waals surface area contributed by atoms with Gasteiger partial charge >= 0.3 is 5.97 Å². The van der Waals surface area contributed by atoms with Crippen LogP contribution in [0.4, 0.5) is 0 Å². The molecule has 0 fully saturated rings. The van der Waals surface area contributed by atoms with Crippen molar-refractivity contribution in [1.29, 1.82) is 0 Å². The van der Waals surface area contributed by atoms with Crippen LogP contribution in [0.2, 0.25) is 5.02 Å². The summed E-state index contributed by atoms with van der Waals surface area (Å²) in [6.45, 7) is 0. The summed E-state index contributed by atoms with van der Waals surface area (Å²) < 4.78 is 0. The average Bonchev–Trinajstić information content (AvgIpc) is 2.08. The molecule has 0 heterocycles. The van der Waals surface area contributed by atoms with Gasteiger partial charge in [0.2, 0.25) is 0 Å². The van der Waals surface area contributed by atoms with Crippen molar-refractivity contribution in [3.63, 3.8) is 0 Å². The van der Waals surface area contributed by atoms with Crippen LogP contribution in [0, 0.1) is 0 Å². The van der Waals surface area contributed by atoms with E-state index >= 15 is 0 Å². The summed E-state index contributed by atoms with van der Waals surface area (Å²) in [6, 6.07) is 7.16. The van der Waals surface area contributed by atoms with Gasteiger partial charge in [0.1, 0.15) is 5.25 Å². The van der Waals surface area contributed by atoms with Crippen LogP contribution in [0.5, 0.6) is 0 Å². The van der Waals surface area contributed by atoms with E-state index in [0.29, 0.717) is 11.4 Å². The van der Waals surface area contributed by atoms with Gasteiger partial charge in [0.05, 0.1) is 0 Å². The number of aliphatic carboxylic acids is 1. The Balaban J connectivity index is 2.74. The third-order valence-electron chi connectivity index (χ3n) is 1.66. The van der Waals surface area contributed by atoms with Gasteiger partial charge in [-0.15, -0.1) is 0 Å². The van der Waals surface area contributed by atoms with E-state index in [2.05, 4.69) is 12.6 Å². The fourth-order valence-corrected chi connectivity index (χ4v) is 1.37. The maximum atomic E-state index is 10.5. The van der Waals surface area contributed by atoms with Crippen molar-refractivity contribution in [2.24, 2.45) is 0 Å². The molecule has 4 heteroatoms. The Labute approximate surface area is 86.9 Å². The first-order valence-corrected chi connectivity index (χ1v) is 4.65. The van der Waals surface area contributed by atoms with E-state index in [0.717, 1.165) is 5.56 Å². The molecule has 1 aromatic rings. The second kappa shape index (κ2) is 4.53. The lowest BCUT2D eigenvalue weighted by molar-refractivity contribution is -0.136. The summed E-state index contributed by atoms with van der Waals surface area (Å²) in [7, 11) is 0.